The van der Waals surface area contributed by atoms with E-state index in [0.717, 1.165) is 30.8 Å². The van der Waals surface area contributed by atoms with Crippen LogP contribution in [0.2, 0.25) is 5.02 Å². The van der Waals surface area contributed by atoms with E-state index in [4.69, 9.17) is 22.8 Å². The van der Waals surface area contributed by atoms with E-state index in [1.54, 1.807) is 24.3 Å². The van der Waals surface area contributed by atoms with Gasteiger partial charge < -0.3 is 10.1 Å². The molecule has 0 saturated carbocycles. The summed E-state index contributed by atoms with van der Waals surface area (Å²) in [5.74, 6) is 3.26. The molecule has 1 N–H and O–H groups in total. The molecular formula is C27H33ClN4O2. The van der Waals surface area contributed by atoms with Crippen LogP contribution >= 0.6 is 11.6 Å². The van der Waals surface area contributed by atoms with E-state index >= 15 is 0 Å². The minimum Gasteiger partial charge on any atom is -0.492 e. The third-order valence-electron chi connectivity index (χ3n) is 5.17. The number of ether oxygens (including phenoxy) is 1. The zero-order valence-electron chi connectivity index (χ0n) is 20.0. The highest BCUT2D eigenvalue weighted by Crippen LogP contribution is 2.26. The average Bonchev–Trinajstić information content (AvgIpc) is 2.81. The number of halogens is 1. The van der Waals surface area contributed by atoms with E-state index in [9.17, 15) is 4.79 Å². The number of nitrogens with zero attached hydrogens (tertiary/aromatic N) is 3. The Morgan fingerprint density at radius 2 is 1.97 bits per heavy atom. The Hall–Kier alpha value is -3.14. The summed E-state index contributed by atoms with van der Waals surface area (Å²) in [5, 5.41) is 3.58. The van der Waals surface area contributed by atoms with E-state index < -0.39 is 0 Å². The summed E-state index contributed by atoms with van der Waals surface area (Å²) in [6.45, 7) is 14.8. The molecule has 34 heavy (non-hydrogen) atoms. The van der Waals surface area contributed by atoms with Gasteiger partial charge in [-0.25, -0.2) is 0 Å². The van der Waals surface area contributed by atoms with Crippen molar-refractivity contribution in [2.75, 3.05) is 32.8 Å². The standard InChI is InChI=1S/C27H33ClN4O2/c1-6-14-32(15-7-16-34-25-13-8-21(18-29-4)17-24(25)28)20-27(2,3)19-31-26(33)22-9-11-23(30-5)12-10-22/h1,8-13,17H,4-5,7,14-16,18-20H2,2-3H3,(H,31,33). The number of benzene rings is 2. The lowest BCUT2D eigenvalue weighted by Gasteiger charge is -2.32. The molecule has 0 saturated heterocycles. The van der Waals surface area contributed by atoms with Gasteiger partial charge in [-0.3, -0.25) is 19.7 Å². The smallest absolute Gasteiger partial charge is 0.251 e. The van der Waals surface area contributed by atoms with Gasteiger partial charge in [0, 0.05) is 25.2 Å². The van der Waals surface area contributed by atoms with Crippen LogP contribution in [0, 0.1) is 17.8 Å². The van der Waals surface area contributed by atoms with Crippen molar-refractivity contribution in [2.24, 2.45) is 15.4 Å². The molecule has 0 radical (unpaired) electrons. The summed E-state index contributed by atoms with van der Waals surface area (Å²) < 4.78 is 5.85. The van der Waals surface area contributed by atoms with Crippen molar-refractivity contribution >= 4 is 36.6 Å². The number of terminal acetylenes is 1. The first-order valence-corrected chi connectivity index (χ1v) is 11.5. The molecule has 0 aromatic heterocycles. The lowest BCUT2D eigenvalue weighted by molar-refractivity contribution is 0.0923. The van der Waals surface area contributed by atoms with E-state index in [0.29, 0.717) is 42.6 Å². The van der Waals surface area contributed by atoms with Gasteiger partial charge in [-0.15, -0.1) is 6.42 Å². The van der Waals surface area contributed by atoms with Crippen LogP contribution in [0.3, 0.4) is 0 Å². The van der Waals surface area contributed by atoms with Crippen molar-refractivity contribution < 1.29 is 9.53 Å². The number of aliphatic imine (C=N–C) groups is 2. The molecule has 2 rings (SSSR count). The van der Waals surface area contributed by atoms with Gasteiger partial charge in [0.15, 0.2) is 0 Å². The topological polar surface area (TPSA) is 66.3 Å². The molecule has 0 aliphatic rings. The van der Waals surface area contributed by atoms with Crippen LogP contribution in [0.1, 0.15) is 36.2 Å². The van der Waals surface area contributed by atoms with Gasteiger partial charge in [-0.05, 0) is 67.2 Å². The van der Waals surface area contributed by atoms with E-state index in [2.05, 4.69) is 53.4 Å². The summed E-state index contributed by atoms with van der Waals surface area (Å²) in [6, 6.07) is 12.7. The highest BCUT2D eigenvalue weighted by molar-refractivity contribution is 6.32. The molecule has 0 spiro atoms. The SMILES string of the molecule is C#CCN(CCCOc1ccc(CN=C)cc1Cl)CC(C)(C)CNC(=O)c1ccc(N=C)cc1. The second-order valence-corrected chi connectivity index (χ2v) is 9.22. The van der Waals surface area contributed by atoms with E-state index in [-0.39, 0.29) is 11.3 Å². The molecule has 0 bridgehead atoms. The van der Waals surface area contributed by atoms with Crippen LogP contribution < -0.4 is 10.1 Å². The first kappa shape index (κ1) is 27.1. The molecule has 180 valence electrons. The number of rotatable bonds is 14. The Labute approximate surface area is 208 Å². The fourth-order valence-electron chi connectivity index (χ4n) is 3.50. The first-order valence-electron chi connectivity index (χ1n) is 11.1. The van der Waals surface area contributed by atoms with Gasteiger partial charge in [0.2, 0.25) is 0 Å². The molecular weight excluding hydrogens is 448 g/mol. The Kier molecular flexibility index (Phi) is 10.8. The Bertz CT molecular complexity index is 1010. The molecule has 0 fully saturated rings. The predicted octanol–water partition coefficient (Wildman–Crippen LogP) is 5.03. The second kappa shape index (κ2) is 13.5. The number of amides is 1. The third kappa shape index (κ3) is 9.01. The minimum absolute atomic E-state index is 0.118. The highest BCUT2D eigenvalue weighted by atomic mass is 35.5. The zero-order chi connectivity index (χ0) is 25.0. The molecule has 2 aromatic rings. The largest absolute Gasteiger partial charge is 0.492 e. The minimum atomic E-state index is -0.172. The number of carbonyl (C=O) groups is 1. The van der Waals surface area contributed by atoms with Crippen LogP contribution in [0.25, 0.3) is 0 Å². The van der Waals surface area contributed by atoms with Gasteiger partial charge in [0.25, 0.3) is 5.91 Å². The molecule has 2 aromatic carbocycles. The molecule has 0 aliphatic carbocycles. The van der Waals surface area contributed by atoms with Crippen LogP contribution in [-0.2, 0) is 6.54 Å². The lowest BCUT2D eigenvalue weighted by atomic mass is 9.92. The van der Waals surface area contributed by atoms with E-state index in [1.807, 2.05) is 18.2 Å². The average molecular weight is 481 g/mol. The van der Waals surface area contributed by atoms with Gasteiger partial charge in [-0.1, -0.05) is 37.4 Å². The number of carbonyl (C=O) groups excluding carboxylic acids is 1. The summed E-state index contributed by atoms with van der Waals surface area (Å²) in [6.07, 6.45) is 6.38. The van der Waals surface area contributed by atoms with Crippen molar-refractivity contribution in [2.45, 2.75) is 26.8 Å². The van der Waals surface area contributed by atoms with Gasteiger partial charge in [-0.2, -0.15) is 0 Å². The van der Waals surface area contributed by atoms with Crippen molar-refractivity contribution in [1.29, 1.82) is 0 Å². The highest BCUT2D eigenvalue weighted by Gasteiger charge is 2.22. The maximum atomic E-state index is 12.5. The second-order valence-electron chi connectivity index (χ2n) is 8.82. The van der Waals surface area contributed by atoms with Crippen LogP contribution in [0.4, 0.5) is 5.69 Å². The summed E-state index contributed by atoms with van der Waals surface area (Å²) in [4.78, 5) is 22.4. The first-order chi connectivity index (χ1) is 16.3. The lowest BCUT2D eigenvalue weighted by Crippen LogP contribution is -2.42. The van der Waals surface area contributed by atoms with Crippen LogP contribution in [0.5, 0.6) is 5.75 Å². The fourth-order valence-corrected chi connectivity index (χ4v) is 3.76. The summed E-state index contributed by atoms with van der Waals surface area (Å²) >= 11 is 6.30. The van der Waals surface area contributed by atoms with Crippen molar-refractivity contribution in [3.05, 3.63) is 58.6 Å². The maximum absolute atomic E-state index is 12.5. The summed E-state index contributed by atoms with van der Waals surface area (Å²) in [7, 11) is 0. The molecule has 0 heterocycles. The van der Waals surface area contributed by atoms with Gasteiger partial charge in [0.1, 0.15) is 5.75 Å². The van der Waals surface area contributed by atoms with E-state index in [1.165, 1.54) is 0 Å². The molecule has 0 atom stereocenters. The number of hydrogen-bond donors (Lipinski definition) is 1. The Morgan fingerprint density at radius 3 is 2.59 bits per heavy atom. The molecule has 6 nitrogen and oxygen atoms in total. The molecule has 0 aliphatic heterocycles. The molecule has 1 amide bonds. The van der Waals surface area contributed by atoms with Crippen LogP contribution in [-0.4, -0.2) is 57.0 Å². The monoisotopic (exact) mass is 480 g/mol. The summed E-state index contributed by atoms with van der Waals surface area (Å²) in [5.41, 5.74) is 2.14. The van der Waals surface area contributed by atoms with Crippen molar-refractivity contribution in [3.63, 3.8) is 0 Å². The predicted molar refractivity (Wildman–Crippen MR) is 142 cm³/mol. The van der Waals surface area contributed by atoms with Gasteiger partial charge in [0.05, 0.1) is 30.4 Å². The van der Waals surface area contributed by atoms with Crippen molar-refractivity contribution in [1.82, 2.24) is 10.2 Å². The van der Waals surface area contributed by atoms with Crippen molar-refractivity contribution in [3.8, 4) is 18.1 Å². The number of hydrogen-bond acceptors (Lipinski definition) is 5. The van der Waals surface area contributed by atoms with Gasteiger partial charge >= 0.3 is 0 Å². The van der Waals surface area contributed by atoms with Crippen LogP contribution in [0.15, 0.2) is 52.4 Å². The Balaban J connectivity index is 1.82. The third-order valence-corrected chi connectivity index (χ3v) is 5.47. The molecule has 0 unspecified atom stereocenters. The normalized spacial score (nSPS) is 11.0. The fraction of sp³-hybridized carbons (Fsp3) is 0.370. The maximum Gasteiger partial charge on any atom is 0.251 e. The molecule has 7 heteroatoms. The Morgan fingerprint density at radius 1 is 1.24 bits per heavy atom. The number of nitrogens with one attached hydrogen (secondary N) is 1. The zero-order valence-corrected chi connectivity index (χ0v) is 20.8. The quantitative estimate of drug-likeness (QED) is 0.234.